The van der Waals surface area contributed by atoms with Crippen LogP contribution in [-0.2, 0) is 21.1 Å². The second kappa shape index (κ2) is 6.91. The molecule has 1 amide bonds. The first kappa shape index (κ1) is 16.5. The number of rotatable bonds is 5. The van der Waals surface area contributed by atoms with E-state index in [4.69, 9.17) is 5.11 Å². The predicted molar refractivity (Wildman–Crippen MR) is 81.5 cm³/mol. The zero-order chi connectivity index (χ0) is 16.2. The van der Waals surface area contributed by atoms with Gasteiger partial charge in [-0.15, -0.1) is 0 Å². The molecule has 1 heterocycles. The molecule has 0 aliphatic carbocycles. The summed E-state index contributed by atoms with van der Waals surface area (Å²) < 4.78 is 22.6. The van der Waals surface area contributed by atoms with Gasteiger partial charge in [-0.3, -0.25) is 4.79 Å². The maximum absolute atomic E-state index is 11.9. The molecule has 0 unspecified atom stereocenters. The summed E-state index contributed by atoms with van der Waals surface area (Å²) >= 11 is 0. The lowest BCUT2D eigenvalue weighted by Crippen LogP contribution is -2.40. The van der Waals surface area contributed by atoms with Gasteiger partial charge in [0.1, 0.15) is 9.84 Å². The van der Waals surface area contributed by atoms with Crippen molar-refractivity contribution in [3.8, 4) is 0 Å². The van der Waals surface area contributed by atoms with E-state index in [2.05, 4.69) is 5.32 Å². The van der Waals surface area contributed by atoms with E-state index in [1.807, 2.05) is 0 Å². The summed E-state index contributed by atoms with van der Waals surface area (Å²) in [5, 5.41) is 11.7. The van der Waals surface area contributed by atoms with E-state index in [0.717, 1.165) is 5.56 Å². The molecule has 1 aromatic rings. The molecule has 1 aromatic carbocycles. The fraction of sp³-hybridized carbons (Fsp3) is 0.467. The minimum Gasteiger partial charge on any atom is -0.478 e. The largest absolute Gasteiger partial charge is 0.478 e. The summed E-state index contributed by atoms with van der Waals surface area (Å²) in [5.74, 6) is -0.813. The number of carboxylic acid groups (broad SMARTS) is 1. The molecule has 1 aliphatic heterocycles. The van der Waals surface area contributed by atoms with Crippen LogP contribution in [0.3, 0.4) is 0 Å². The number of carboxylic acids is 1. The number of aromatic carboxylic acids is 1. The number of benzene rings is 1. The first-order valence-electron chi connectivity index (χ1n) is 7.18. The molecule has 0 bridgehead atoms. The number of carbonyl (C=O) groups excluding carboxylic acids is 1. The van der Waals surface area contributed by atoms with Crippen LogP contribution in [0.25, 0.3) is 0 Å². The van der Waals surface area contributed by atoms with Crippen LogP contribution in [0, 0.1) is 0 Å². The van der Waals surface area contributed by atoms with Gasteiger partial charge in [-0.2, -0.15) is 0 Å². The lowest BCUT2D eigenvalue weighted by Gasteiger charge is -2.23. The first-order valence-corrected chi connectivity index (χ1v) is 9.00. The standard InChI is InChI=1S/C15H19NO5S/c17-14(16-13-7-9-22(20,21)10-8-13)6-3-11-1-4-12(5-2-11)15(18)19/h1-2,4-5,13H,3,6-10H2,(H,16,17)(H,18,19). The second-order valence-corrected chi connectivity index (χ2v) is 7.80. The van der Waals surface area contributed by atoms with Crippen molar-refractivity contribution in [2.24, 2.45) is 0 Å². The number of hydrogen-bond acceptors (Lipinski definition) is 4. The number of carbonyl (C=O) groups is 2. The van der Waals surface area contributed by atoms with Crippen molar-refractivity contribution in [3.63, 3.8) is 0 Å². The molecule has 22 heavy (non-hydrogen) atoms. The van der Waals surface area contributed by atoms with Gasteiger partial charge in [-0.25, -0.2) is 13.2 Å². The lowest BCUT2D eigenvalue weighted by molar-refractivity contribution is -0.121. The third-order valence-electron chi connectivity index (χ3n) is 3.76. The van der Waals surface area contributed by atoms with Crippen molar-refractivity contribution in [1.82, 2.24) is 5.32 Å². The SMILES string of the molecule is O=C(CCc1ccc(C(=O)O)cc1)NC1CCS(=O)(=O)CC1. The van der Waals surface area contributed by atoms with Crippen LogP contribution in [0.1, 0.15) is 35.2 Å². The normalized spacial score (nSPS) is 17.8. The summed E-state index contributed by atoms with van der Waals surface area (Å²) in [5.41, 5.74) is 1.11. The summed E-state index contributed by atoms with van der Waals surface area (Å²) in [6.45, 7) is 0. The Morgan fingerprint density at radius 3 is 2.27 bits per heavy atom. The van der Waals surface area contributed by atoms with Gasteiger partial charge >= 0.3 is 5.97 Å². The molecule has 1 saturated heterocycles. The Labute approximate surface area is 129 Å². The van der Waals surface area contributed by atoms with E-state index < -0.39 is 15.8 Å². The third kappa shape index (κ3) is 4.84. The van der Waals surface area contributed by atoms with Crippen LogP contribution in [0.4, 0.5) is 0 Å². The molecule has 2 N–H and O–H groups in total. The van der Waals surface area contributed by atoms with Crippen LogP contribution >= 0.6 is 0 Å². The topological polar surface area (TPSA) is 101 Å². The van der Waals surface area contributed by atoms with Gasteiger partial charge < -0.3 is 10.4 Å². The highest BCUT2D eigenvalue weighted by Gasteiger charge is 2.24. The van der Waals surface area contributed by atoms with Crippen molar-refractivity contribution in [1.29, 1.82) is 0 Å². The molecule has 1 aliphatic rings. The highest BCUT2D eigenvalue weighted by molar-refractivity contribution is 7.91. The minimum absolute atomic E-state index is 0.0644. The summed E-state index contributed by atoms with van der Waals surface area (Å²) in [6, 6.07) is 6.36. The molecule has 7 heteroatoms. The Morgan fingerprint density at radius 2 is 1.73 bits per heavy atom. The number of hydrogen-bond donors (Lipinski definition) is 2. The Bertz CT molecular complexity index is 637. The van der Waals surface area contributed by atoms with Crippen LogP contribution in [0.5, 0.6) is 0 Å². The minimum atomic E-state index is -2.92. The van der Waals surface area contributed by atoms with E-state index in [9.17, 15) is 18.0 Å². The average Bonchev–Trinajstić information content (AvgIpc) is 2.48. The van der Waals surface area contributed by atoms with E-state index in [-0.39, 0.29) is 29.0 Å². The summed E-state index contributed by atoms with van der Waals surface area (Å²) in [6.07, 6.45) is 1.77. The van der Waals surface area contributed by atoms with Gasteiger partial charge in [-0.05, 0) is 37.0 Å². The second-order valence-electron chi connectivity index (χ2n) is 5.50. The molecule has 0 spiro atoms. The quantitative estimate of drug-likeness (QED) is 0.841. The van der Waals surface area contributed by atoms with Crippen molar-refractivity contribution in [2.45, 2.75) is 31.7 Å². The fourth-order valence-electron chi connectivity index (χ4n) is 2.41. The molecular weight excluding hydrogens is 306 g/mol. The molecule has 0 saturated carbocycles. The van der Waals surface area contributed by atoms with Gasteiger partial charge in [0.05, 0.1) is 17.1 Å². The maximum Gasteiger partial charge on any atom is 0.335 e. The van der Waals surface area contributed by atoms with Gasteiger partial charge in [-0.1, -0.05) is 12.1 Å². The maximum atomic E-state index is 11.9. The van der Waals surface area contributed by atoms with E-state index in [1.165, 1.54) is 12.1 Å². The molecule has 0 radical (unpaired) electrons. The number of aryl methyl sites for hydroxylation is 1. The molecule has 2 rings (SSSR count). The van der Waals surface area contributed by atoms with Crippen LogP contribution < -0.4 is 5.32 Å². The highest BCUT2D eigenvalue weighted by Crippen LogP contribution is 2.13. The van der Waals surface area contributed by atoms with E-state index in [0.29, 0.717) is 25.7 Å². The smallest absolute Gasteiger partial charge is 0.335 e. The first-order chi connectivity index (χ1) is 10.4. The Hall–Kier alpha value is -1.89. The van der Waals surface area contributed by atoms with E-state index >= 15 is 0 Å². The molecule has 0 atom stereocenters. The number of sulfone groups is 1. The van der Waals surface area contributed by atoms with Crippen LogP contribution in [0.2, 0.25) is 0 Å². The zero-order valence-corrected chi connectivity index (χ0v) is 12.9. The van der Waals surface area contributed by atoms with Gasteiger partial charge in [0.15, 0.2) is 0 Å². The average molecular weight is 325 g/mol. The molecule has 0 aromatic heterocycles. The molecule has 1 fully saturated rings. The van der Waals surface area contributed by atoms with Crippen LogP contribution in [0.15, 0.2) is 24.3 Å². The fourth-order valence-corrected chi connectivity index (χ4v) is 3.90. The van der Waals surface area contributed by atoms with Crippen molar-refractivity contribution < 1.29 is 23.1 Å². The zero-order valence-electron chi connectivity index (χ0n) is 12.1. The Balaban J connectivity index is 1.77. The van der Waals surface area contributed by atoms with E-state index in [1.54, 1.807) is 12.1 Å². The van der Waals surface area contributed by atoms with Gasteiger partial charge in [0.25, 0.3) is 0 Å². The number of nitrogens with one attached hydrogen (secondary N) is 1. The third-order valence-corrected chi connectivity index (χ3v) is 5.48. The summed E-state index contributed by atoms with van der Waals surface area (Å²) in [7, 11) is -2.92. The molecule has 120 valence electrons. The summed E-state index contributed by atoms with van der Waals surface area (Å²) in [4.78, 5) is 22.6. The number of amides is 1. The predicted octanol–water partition coefficient (Wildman–Crippen LogP) is 1.01. The Morgan fingerprint density at radius 1 is 1.14 bits per heavy atom. The molecular formula is C15H19NO5S. The van der Waals surface area contributed by atoms with Crippen molar-refractivity contribution >= 4 is 21.7 Å². The lowest BCUT2D eigenvalue weighted by atomic mass is 10.1. The van der Waals surface area contributed by atoms with Gasteiger partial charge in [0.2, 0.25) is 5.91 Å². The monoisotopic (exact) mass is 325 g/mol. The van der Waals surface area contributed by atoms with Crippen molar-refractivity contribution in [2.75, 3.05) is 11.5 Å². The van der Waals surface area contributed by atoms with Crippen molar-refractivity contribution in [3.05, 3.63) is 35.4 Å². The highest BCUT2D eigenvalue weighted by atomic mass is 32.2. The van der Waals surface area contributed by atoms with Gasteiger partial charge in [0, 0.05) is 12.5 Å². The van der Waals surface area contributed by atoms with Crippen LogP contribution in [-0.4, -0.2) is 42.9 Å². The molecule has 6 nitrogen and oxygen atoms in total. The Kier molecular flexibility index (Phi) is 5.18.